The van der Waals surface area contributed by atoms with Crippen LogP contribution < -0.4 is 5.32 Å². The van der Waals surface area contributed by atoms with Crippen LogP contribution in [0.3, 0.4) is 0 Å². The van der Waals surface area contributed by atoms with E-state index in [1.807, 2.05) is 42.5 Å². The number of amides is 4. The lowest BCUT2D eigenvalue weighted by atomic mass is 10.00. The van der Waals surface area contributed by atoms with Gasteiger partial charge in [-0.15, -0.1) is 0 Å². The van der Waals surface area contributed by atoms with Gasteiger partial charge in [-0.3, -0.25) is 14.6 Å². The molecular formula is C29H32FN5O3. The summed E-state index contributed by atoms with van der Waals surface area (Å²) < 4.78 is 13.5. The fraction of sp³-hybridized carbons (Fsp3) is 0.345. The average molecular weight is 518 g/mol. The summed E-state index contributed by atoms with van der Waals surface area (Å²) in [5.74, 6) is -0.688. The van der Waals surface area contributed by atoms with E-state index in [1.165, 1.54) is 17.1 Å². The molecule has 2 fully saturated rings. The molecule has 2 aromatic rings. The number of nitrogens with one attached hydrogen (secondary N) is 1. The minimum absolute atomic E-state index is 0.00296. The van der Waals surface area contributed by atoms with Crippen molar-refractivity contribution in [3.05, 3.63) is 95.3 Å². The van der Waals surface area contributed by atoms with Gasteiger partial charge < -0.3 is 15.1 Å². The highest BCUT2D eigenvalue weighted by Crippen LogP contribution is 2.30. The average Bonchev–Trinajstić information content (AvgIpc) is 3.27. The number of hydrazine groups is 1. The van der Waals surface area contributed by atoms with E-state index in [2.05, 4.69) is 11.4 Å². The highest BCUT2D eigenvalue weighted by Gasteiger charge is 2.51. The summed E-state index contributed by atoms with van der Waals surface area (Å²) in [6, 6.07) is 14.7. The van der Waals surface area contributed by atoms with Gasteiger partial charge in [0.1, 0.15) is 18.0 Å². The van der Waals surface area contributed by atoms with Gasteiger partial charge >= 0.3 is 6.03 Å². The van der Waals surface area contributed by atoms with Crippen LogP contribution in [0.25, 0.3) is 0 Å². The lowest BCUT2D eigenvalue weighted by Gasteiger charge is -2.45. The molecule has 5 rings (SSSR count). The fourth-order valence-corrected chi connectivity index (χ4v) is 5.32. The predicted octanol–water partition coefficient (Wildman–Crippen LogP) is 3.08. The normalized spacial score (nSPS) is 21.4. The highest BCUT2D eigenvalue weighted by atomic mass is 19.1. The van der Waals surface area contributed by atoms with Crippen LogP contribution in [-0.4, -0.2) is 76.6 Å². The quantitative estimate of drug-likeness (QED) is 0.613. The molecule has 1 N–H and O–H groups in total. The van der Waals surface area contributed by atoms with Gasteiger partial charge in [-0.05, 0) is 36.1 Å². The Balaban J connectivity index is 1.37. The van der Waals surface area contributed by atoms with Crippen LogP contribution in [0.1, 0.15) is 24.0 Å². The number of benzene rings is 2. The summed E-state index contributed by atoms with van der Waals surface area (Å²) in [4.78, 5) is 43.4. The van der Waals surface area contributed by atoms with E-state index in [0.717, 1.165) is 29.5 Å². The Morgan fingerprint density at radius 1 is 1.08 bits per heavy atom. The third-order valence-electron chi connectivity index (χ3n) is 7.37. The standard InChI is InChI=1S/C29H32FN5O3/c1-32(29(38)31-17-22-10-6-3-7-11-22)34-20-27(36)35-25(16-21-8-4-2-5-9-21)28(37)33(19-26(34)35)18-23-12-14-24(30)15-13-23/h2-6,8-10,12-15,25-26H,7,11,16-20H2,1H3,(H,31,38)/t25-,26+/m0/s1. The van der Waals surface area contributed by atoms with E-state index in [1.54, 1.807) is 34.0 Å². The van der Waals surface area contributed by atoms with Crippen molar-refractivity contribution in [1.29, 1.82) is 0 Å². The first-order chi connectivity index (χ1) is 18.4. The Labute approximate surface area is 222 Å². The van der Waals surface area contributed by atoms with Crippen LogP contribution in [0.2, 0.25) is 0 Å². The fourth-order valence-electron chi connectivity index (χ4n) is 5.32. The van der Waals surface area contributed by atoms with Gasteiger partial charge in [0.2, 0.25) is 11.8 Å². The number of hydrogen-bond donors (Lipinski definition) is 1. The largest absolute Gasteiger partial charge is 0.333 e. The zero-order valence-corrected chi connectivity index (χ0v) is 21.4. The van der Waals surface area contributed by atoms with Gasteiger partial charge in [-0.25, -0.2) is 9.18 Å². The van der Waals surface area contributed by atoms with Crippen molar-refractivity contribution in [2.45, 2.75) is 38.0 Å². The van der Waals surface area contributed by atoms with Crippen molar-refractivity contribution in [2.24, 2.45) is 0 Å². The number of hydrogen-bond acceptors (Lipinski definition) is 4. The second kappa shape index (κ2) is 11.2. The number of urea groups is 1. The maximum atomic E-state index is 13.7. The van der Waals surface area contributed by atoms with Crippen LogP contribution in [0, 0.1) is 5.82 Å². The summed E-state index contributed by atoms with van der Waals surface area (Å²) >= 11 is 0. The Morgan fingerprint density at radius 3 is 2.55 bits per heavy atom. The summed E-state index contributed by atoms with van der Waals surface area (Å²) in [6.07, 6.45) is 7.83. The lowest BCUT2D eigenvalue weighted by Crippen LogP contribution is -2.65. The van der Waals surface area contributed by atoms with Crippen molar-refractivity contribution in [3.8, 4) is 0 Å². The number of carbonyl (C=O) groups is 3. The zero-order chi connectivity index (χ0) is 26.6. The molecule has 0 bridgehead atoms. The Bertz CT molecular complexity index is 1250. The van der Waals surface area contributed by atoms with E-state index in [-0.39, 0.29) is 43.3 Å². The van der Waals surface area contributed by atoms with Crippen molar-refractivity contribution < 1.29 is 18.8 Å². The topological polar surface area (TPSA) is 76.2 Å². The van der Waals surface area contributed by atoms with Crippen LogP contribution in [0.5, 0.6) is 0 Å². The maximum Gasteiger partial charge on any atom is 0.332 e. The number of halogens is 1. The van der Waals surface area contributed by atoms with Gasteiger partial charge in [0, 0.05) is 26.6 Å². The van der Waals surface area contributed by atoms with Gasteiger partial charge in [-0.1, -0.05) is 66.3 Å². The van der Waals surface area contributed by atoms with E-state index in [9.17, 15) is 18.8 Å². The molecule has 2 aliphatic heterocycles. The second-order valence-electron chi connectivity index (χ2n) is 9.90. The molecule has 2 heterocycles. The first kappa shape index (κ1) is 25.7. The molecule has 9 heteroatoms. The number of carbonyl (C=O) groups excluding carboxylic acids is 3. The minimum Gasteiger partial charge on any atom is -0.333 e. The van der Waals surface area contributed by atoms with Crippen molar-refractivity contribution in [3.63, 3.8) is 0 Å². The molecule has 1 aliphatic carbocycles. The second-order valence-corrected chi connectivity index (χ2v) is 9.90. The van der Waals surface area contributed by atoms with E-state index < -0.39 is 12.2 Å². The molecule has 0 unspecified atom stereocenters. The van der Waals surface area contributed by atoms with Crippen LogP contribution in [-0.2, 0) is 22.6 Å². The SMILES string of the molecule is CN(C(=O)NCC1=CC=CCC1)N1CC(=O)N2[C@@H](Cc3ccccc3)C(=O)N(Cc3ccc(F)cc3)C[C@@H]21. The van der Waals surface area contributed by atoms with E-state index in [0.29, 0.717) is 13.0 Å². The molecule has 0 spiro atoms. The number of fused-ring (bicyclic) bond motifs is 1. The minimum atomic E-state index is -0.704. The molecule has 3 aliphatic rings. The van der Waals surface area contributed by atoms with Gasteiger partial charge in [-0.2, -0.15) is 5.01 Å². The third kappa shape index (κ3) is 5.47. The molecule has 198 valence electrons. The summed E-state index contributed by atoms with van der Waals surface area (Å²) in [5.41, 5.74) is 2.88. The molecule has 38 heavy (non-hydrogen) atoms. The number of rotatable bonds is 7. The molecule has 2 saturated heterocycles. The van der Waals surface area contributed by atoms with Crippen molar-refractivity contribution in [2.75, 3.05) is 26.7 Å². The van der Waals surface area contributed by atoms with Gasteiger partial charge in [0.25, 0.3) is 0 Å². The number of allylic oxidation sites excluding steroid dienone is 3. The molecule has 4 amide bonds. The molecule has 0 radical (unpaired) electrons. The molecular weight excluding hydrogens is 485 g/mol. The van der Waals surface area contributed by atoms with Crippen LogP contribution >= 0.6 is 0 Å². The maximum absolute atomic E-state index is 13.7. The first-order valence-corrected chi connectivity index (χ1v) is 12.9. The summed E-state index contributed by atoms with van der Waals surface area (Å²) in [6.45, 7) is 0.966. The van der Waals surface area contributed by atoms with Crippen molar-refractivity contribution in [1.82, 2.24) is 25.1 Å². The number of piperazine rings is 1. The third-order valence-corrected chi connectivity index (χ3v) is 7.37. The molecule has 2 atom stereocenters. The van der Waals surface area contributed by atoms with Crippen molar-refractivity contribution >= 4 is 17.8 Å². The van der Waals surface area contributed by atoms with Crippen LogP contribution in [0.15, 0.2) is 78.4 Å². The predicted molar refractivity (Wildman–Crippen MR) is 141 cm³/mol. The summed E-state index contributed by atoms with van der Waals surface area (Å²) in [7, 11) is 1.65. The molecule has 2 aromatic carbocycles. The molecule has 0 saturated carbocycles. The van der Waals surface area contributed by atoms with E-state index in [4.69, 9.17) is 0 Å². The first-order valence-electron chi connectivity index (χ1n) is 12.9. The Kier molecular flexibility index (Phi) is 7.55. The Morgan fingerprint density at radius 2 is 1.84 bits per heavy atom. The number of nitrogens with zero attached hydrogens (tertiary/aromatic N) is 4. The smallest absolute Gasteiger partial charge is 0.332 e. The molecule has 0 aromatic heterocycles. The van der Waals surface area contributed by atoms with Gasteiger partial charge in [0.15, 0.2) is 0 Å². The summed E-state index contributed by atoms with van der Waals surface area (Å²) in [5, 5.41) is 6.14. The van der Waals surface area contributed by atoms with Gasteiger partial charge in [0.05, 0.1) is 13.1 Å². The lowest BCUT2D eigenvalue weighted by molar-refractivity contribution is -0.157. The zero-order valence-electron chi connectivity index (χ0n) is 21.4. The monoisotopic (exact) mass is 517 g/mol. The molecule has 8 nitrogen and oxygen atoms in total. The van der Waals surface area contributed by atoms with E-state index >= 15 is 0 Å². The van der Waals surface area contributed by atoms with Crippen LogP contribution in [0.4, 0.5) is 9.18 Å². The highest BCUT2D eigenvalue weighted by molar-refractivity contribution is 5.91. The Hall–Kier alpha value is -3.98.